The minimum Gasteiger partial charge on any atom is -0.497 e. The van der Waals surface area contributed by atoms with Crippen molar-refractivity contribution in [2.75, 3.05) is 19.0 Å². The average Bonchev–Trinajstić information content (AvgIpc) is 3.09. The summed E-state index contributed by atoms with van der Waals surface area (Å²) in [6, 6.07) is 13.8. The molecule has 28 heavy (non-hydrogen) atoms. The molecule has 144 valence electrons. The lowest BCUT2D eigenvalue weighted by Crippen LogP contribution is -2.25. The van der Waals surface area contributed by atoms with E-state index in [2.05, 4.69) is 27.0 Å². The zero-order valence-electron chi connectivity index (χ0n) is 16.0. The number of carbonyl (C=O) groups is 1. The number of nitrogens with zero attached hydrogens (tertiary/aromatic N) is 3. The van der Waals surface area contributed by atoms with Crippen LogP contribution < -0.4 is 15.4 Å². The molecule has 0 atom stereocenters. The van der Waals surface area contributed by atoms with Gasteiger partial charge in [-0.15, -0.1) is 5.10 Å². The van der Waals surface area contributed by atoms with Crippen LogP contribution in [0.15, 0.2) is 42.5 Å². The van der Waals surface area contributed by atoms with Crippen LogP contribution in [0.1, 0.15) is 32.9 Å². The Morgan fingerprint density at radius 3 is 2.86 bits per heavy atom. The fourth-order valence-electron chi connectivity index (χ4n) is 3.45. The molecule has 1 amide bonds. The molecular formula is C21H23N5O2. The third kappa shape index (κ3) is 3.61. The Labute approximate surface area is 163 Å². The van der Waals surface area contributed by atoms with Crippen LogP contribution in [0.3, 0.4) is 0 Å². The fourth-order valence-corrected chi connectivity index (χ4v) is 3.45. The standard InChI is InChI=1S/C21H23N5O2/c1-14-20(24-25-26(14)13-15-6-8-17(28-2)9-7-15)21(27)23-19-5-3-4-16-12-22-11-10-18(16)19/h3-9,22H,10-13H2,1-2H3,(H,23,27). The number of ether oxygens (including phenoxy) is 1. The van der Waals surface area contributed by atoms with E-state index in [0.717, 1.165) is 42.2 Å². The number of nitrogens with one attached hydrogen (secondary N) is 2. The van der Waals surface area contributed by atoms with Crippen molar-refractivity contribution in [1.29, 1.82) is 0 Å². The number of fused-ring (bicyclic) bond motifs is 1. The van der Waals surface area contributed by atoms with Gasteiger partial charge >= 0.3 is 0 Å². The summed E-state index contributed by atoms with van der Waals surface area (Å²) in [7, 11) is 1.64. The topological polar surface area (TPSA) is 81.1 Å². The van der Waals surface area contributed by atoms with Gasteiger partial charge in [0.05, 0.1) is 19.3 Å². The third-order valence-electron chi connectivity index (χ3n) is 5.08. The Kier molecular flexibility index (Phi) is 5.08. The lowest BCUT2D eigenvalue weighted by molar-refractivity contribution is 0.102. The first-order valence-electron chi connectivity index (χ1n) is 9.31. The first-order valence-corrected chi connectivity index (χ1v) is 9.31. The van der Waals surface area contributed by atoms with Crippen molar-refractivity contribution in [3.05, 3.63) is 70.5 Å². The number of benzene rings is 2. The zero-order valence-corrected chi connectivity index (χ0v) is 16.0. The maximum absolute atomic E-state index is 12.8. The molecule has 7 heteroatoms. The van der Waals surface area contributed by atoms with Gasteiger partial charge in [0.2, 0.25) is 0 Å². The highest BCUT2D eigenvalue weighted by Gasteiger charge is 2.19. The molecule has 3 aromatic rings. The molecule has 0 aliphatic carbocycles. The molecular weight excluding hydrogens is 354 g/mol. The third-order valence-corrected chi connectivity index (χ3v) is 5.08. The van der Waals surface area contributed by atoms with Crippen LogP contribution in [-0.2, 0) is 19.5 Å². The number of methoxy groups -OCH3 is 1. The quantitative estimate of drug-likeness (QED) is 0.714. The Morgan fingerprint density at radius 1 is 1.25 bits per heavy atom. The van der Waals surface area contributed by atoms with E-state index in [1.54, 1.807) is 11.8 Å². The number of carbonyl (C=O) groups excluding carboxylic acids is 1. The summed E-state index contributed by atoms with van der Waals surface area (Å²) in [5, 5.41) is 14.7. The van der Waals surface area contributed by atoms with Crippen LogP contribution >= 0.6 is 0 Å². The molecule has 2 aromatic carbocycles. The van der Waals surface area contributed by atoms with Gasteiger partial charge in [0, 0.05) is 12.2 Å². The van der Waals surface area contributed by atoms with Crippen molar-refractivity contribution in [2.45, 2.75) is 26.4 Å². The Hall–Kier alpha value is -3.19. The minimum absolute atomic E-state index is 0.231. The highest BCUT2D eigenvalue weighted by molar-refractivity contribution is 6.04. The molecule has 0 spiro atoms. The molecule has 0 radical (unpaired) electrons. The minimum atomic E-state index is -0.231. The van der Waals surface area contributed by atoms with E-state index in [1.807, 2.05) is 43.3 Å². The molecule has 1 aliphatic heterocycles. The van der Waals surface area contributed by atoms with Gasteiger partial charge in [-0.3, -0.25) is 4.79 Å². The first-order chi connectivity index (χ1) is 13.7. The van der Waals surface area contributed by atoms with Gasteiger partial charge in [0.25, 0.3) is 5.91 Å². The molecule has 0 unspecified atom stereocenters. The summed E-state index contributed by atoms with van der Waals surface area (Å²) in [6.45, 7) is 4.15. The molecule has 2 heterocycles. The predicted octanol–water partition coefficient (Wildman–Crippen LogP) is 2.54. The van der Waals surface area contributed by atoms with Gasteiger partial charge in [-0.05, 0) is 54.8 Å². The van der Waals surface area contributed by atoms with E-state index in [4.69, 9.17) is 4.74 Å². The maximum Gasteiger partial charge on any atom is 0.278 e. The number of aromatic nitrogens is 3. The highest BCUT2D eigenvalue weighted by atomic mass is 16.5. The fraction of sp³-hybridized carbons (Fsp3) is 0.286. The molecule has 0 saturated heterocycles. The normalized spacial score (nSPS) is 13.1. The van der Waals surface area contributed by atoms with Crippen LogP contribution in [0, 0.1) is 6.92 Å². The summed E-state index contributed by atoms with van der Waals surface area (Å²) in [5.74, 6) is 0.575. The van der Waals surface area contributed by atoms with E-state index in [1.165, 1.54) is 11.1 Å². The van der Waals surface area contributed by atoms with Gasteiger partial charge in [-0.25, -0.2) is 4.68 Å². The van der Waals surface area contributed by atoms with E-state index in [0.29, 0.717) is 12.2 Å². The molecule has 1 aromatic heterocycles. The summed E-state index contributed by atoms with van der Waals surface area (Å²) < 4.78 is 6.92. The Bertz CT molecular complexity index is 995. The van der Waals surface area contributed by atoms with Gasteiger partial charge < -0.3 is 15.4 Å². The number of hydrogen-bond acceptors (Lipinski definition) is 5. The molecule has 0 bridgehead atoms. The largest absolute Gasteiger partial charge is 0.497 e. The van der Waals surface area contributed by atoms with Crippen molar-refractivity contribution in [1.82, 2.24) is 20.3 Å². The average molecular weight is 377 g/mol. The highest BCUT2D eigenvalue weighted by Crippen LogP contribution is 2.24. The number of rotatable bonds is 5. The molecule has 7 nitrogen and oxygen atoms in total. The molecule has 0 fully saturated rings. The second-order valence-electron chi connectivity index (χ2n) is 6.85. The maximum atomic E-state index is 12.8. The van der Waals surface area contributed by atoms with Gasteiger partial charge in [-0.1, -0.05) is 29.5 Å². The van der Waals surface area contributed by atoms with E-state index >= 15 is 0 Å². The lowest BCUT2D eigenvalue weighted by atomic mass is 9.99. The van der Waals surface area contributed by atoms with Gasteiger partial charge in [0.1, 0.15) is 5.75 Å². The lowest BCUT2D eigenvalue weighted by Gasteiger charge is -2.20. The summed E-state index contributed by atoms with van der Waals surface area (Å²) in [4.78, 5) is 12.8. The van der Waals surface area contributed by atoms with Crippen LogP contribution in [0.4, 0.5) is 5.69 Å². The second-order valence-corrected chi connectivity index (χ2v) is 6.85. The van der Waals surface area contributed by atoms with E-state index < -0.39 is 0 Å². The van der Waals surface area contributed by atoms with Crippen molar-refractivity contribution in [2.24, 2.45) is 0 Å². The molecule has 1 aliphatic rings. The van der Waals surface area contributed by atoms with Crippen molar-refractivity contribution >= 4 is 11.6 Å². The Morgan fingerprint density at radius 2 is 2.07 bits per heavy atom. The zero-order chi connectivity index (χ0) is 19.5. The summed E-state index contributed by atoms with van der Waals surface area (Å²) in [6.07, 6.45) is 0.898. The van der Waals surface area contributed by atoms with Gasteiger partial charge in [-0.2, -0.15) is 0 Å². The van der Waals surface area contributed by atoms with Crippen molar-refractivity contribution in [3.8, 4) is 5.75 Å². The van der Waals surface area contributed by atoms with Crippen LogP contribution in [0.25, 0.3) is 0 Å². The predicted molar refractivity (Wildman–Crippen MR) is 107 cm³/mol. The van der Waals surface area contributed by atoms with Gasteiger partial charge in [0.15, 0.2) is 5.69 Å². The van der Waals surface area contributed by atoms with Crippen LogP contribution in [0.2, 0.25) is 0 Å². The SMILES string of the molecule is COc1ccc(Cn2nnc(C(=O)Nc3cccc4c3CCNC4)c2C)cc1. The molecule has 4 rings (SSSR count). The second kappa shape index (κ2) is 7.82. The number of hydrogen-bond donors (Lipinski definition) is 2. The Balaban J connectivity index is 1.51. The smallest absolute Gasteiger partial charge is 0.278 e. The van der Waals surface area contributed by atoms with Crippen LogP contribution in [0.5, 0.6) is 5.75 Å². The van der Waals surface area contributed by atoms with E-state index in [-0.39, 0.29) is 5.91 Å². The molecule has 0 saturated carbocycles. The summed E-state index contributed by atoms with van der Waals surface area (Å²) >= 11 is 0. The first kappa shape index (κ1) is 18.2. The van der Waals surface area contributed by atoms with Crippen LogP contribution in [-0.4, -0.2) is 34.6 Å². The van der Waals surface area contributed by atoms with Crippen molar-refractivity contribution < 1.29 is 9.53 Å². The van der Waals surface area contributed by atoms with Crippen molar-refractivity contribution in [3.63, 3.8) is 0 Å². The van der Waals surface area contributed by atoms with E-state index in [9.17, 15) is 4.79 Å². The number of anilines is 1. The summed E-state index contributed by atoms with van der Waals surface area (Å²) in [5.41, 5.74) is 5.42. The monoisotopic (exact) mass is 377 g/mol. The number of amides is 1. The molecule has 2 N–H and O–H groups in total.